The number of carbonyl (C=O) groups is 1. The summed E-state index contributed by atoms with van der Waals surface area (Å²) in [5, 5.41) is 25.1. The Morgan fingerprint density at radius 3 is 2.75 bits per heavy atom. The molecule has 104 valence electrons. The minimum atomic E-state index is -1.24. The van der Waals surface area contributed by atoms with Gasteiger partial charge in [-0.25, -0.2) is 4.79 Å². The number of nitrogens with zero attached hydrogens (tertiary/aromatic N) is 4. The second-order valence-corrected chi connectivity index (χ2v) is 3.90. The van der Waals surface area contributed by atoms with Gasteiger partial charge in [-0.3, -0.25) is 9.67 Å². The first kappa shape index (κ1) is 13.7. The number of aliphatic carboxylic acids is 1. The number of aromatic nitrogens is 3. The Labute approximate surface area is 114 Å². The predicted octanol–water partition coefficient (Wildman–Crippen LogP) is -0.315. The first-order chi connectivity index (χ1) is 9.65. The Balaban J connectivity index is 2.25. The molecular formula is C12H13N5O3. The lowest BCUT2D eigenvalue weighted by Gasteiger charge is -2.01. The number of hydrogen-bond donors (Lipinski definition) is 3. The van der Waals surface area contributed by atoms with E-state index in [1.807, 2.05) is 0 Å². The molecule has 0 aromatic carbocycles. The standard InChI is InChI=1S/C12H13N5O3/c13-15-11(12(19)20)10-2-1-8(7-14-10)9-3-4-17(16-9)5-6-18/h1-4,7,18H,5-6,13H2,(H,19,20). The molecule has 0 unspecified atom stereocenters. The van der Waals surface area contributed by atoms with E-state index in [2.05, 4.69) is 15.2 Å². The molecule has 0 spiro atoms. The van der Waals surface area contributed by atoms with Gasteiger partial charge in [0, 0.05) is 18.0 Å². The van der Waals surface area contributed by atoms with E-state index in [0.717, 1.165) is 5.56 Å². The van der Waals surface area contributed by atoms with Crippen LogP contribution in [0, 0.1) is 0 Å². The van der Waals surface area contributed by atoms with Gasteiger partial charge in [0.05, 0.1) is 24.5 Å². The Bertz CT molecular complexity index is 633. The van der Waals surface area contributed by atoms with Crippen molar-refractivity contribution in [3.05, 3.63) is 36.3 Å². The number of pyridine rings is 1. The van der Waals surface area contributed by atoms with Crippen molar-refractivity contribution in [2.45, 2.75) is 6.54 Å². The molecule has 20 heavy (non-hydrogen) atoms. The number of aliphatic hydroxyl groups is 1. The SMILES string of the molecule is NN=C(C(=O)O)c1ccc(-c2ccn(CCO)n2)cn1. The number of rotatable bonds is 5. The third kappa shape index (κ3) is 2.81. The minimum Gasteiger partial charge on any atom is -0.476 e. The number of aliphatic hydroxyl groups excluding tert-OH is 1. The van der Waals surface area contributed by atoms with Gasteiger partial charge in [0.1, 0.15) is 0 Å². The van der Waals surface area contributed by atoms with Crippen molar-refractivity contribution in [1.82, 2.24) is 14.8 Å². The smallest absolute Gasteiger partial charge is 0.358 e. The topological polar surface area (TPSA) is 127 Å². The van der Waals surface area contributed by atoms with Crippen molar-refractivity contribution in [2.24, 2.45) is 10.9 Å². The summed E-state index contributed by atoms with van der Waals surface area (Å²) in [6.07, 6.45) is 3.23. The van der Waals surface area contributed by atoms with Gasteiger partial charge in [0.25, 0.3) is 0 Å². The first-order valence-electron chi connectivity index (χ1n) is 5.78. The number of carboxylic acids is 1. The zero-order chi connectivity index (χ0) is 14.5. The van der Waals surface area contributed by atoms with Gasteiger partial charge in [0.15, 0.2) is 5.71 Å². The molecule has 0 aliphatic carbocycles. The van der Waals surface area contributed by atoms with Crippen molar-refractivity contribution in [3.8, 4) is 11.3 Å². The highest BCUT2D eigenvalue weighted by Gasteiger charge is 2.14. The highest BCUT2D eigenvalue weighted by Crippen LogP contribution is 2.16. The van der Waals surface area contributed by atoms with Crippen molar-refractivity contribution in [1.29, 1.82) is 0 Å². The van der Waals surface area contributed by atoms with E-state index in [1.54, 1.807) is 23.0 Å². The van der Waals surface area contributed by atoms with E-state index in [4.69, 9.17) is 16.1 Å². The highest BCUT2D eigenvalue weighted by molar-refractivity contribution is 6.41. The van der Waals surface area contributed by atoms with Crippen LogP contribution in [-0.4, -0.2) is 43.3 Å². The fourth-order valence-corrected chi connectivity index (χ4v) is 1.66. The third-order valence-electron chi connectivity index (χ3n) is 2.60. The Morgan fingerprint density at radius 1 is 1.40 bits per heavy atom. The van der Waals surface area contributed by atoms with Gasteiger partial charge in [0.2, 0.25) is 0 Å². The van der Waals surface area contributed by atoms with Crippen LogP contribution in [0.1, 0.15) is 5.69 Å². The Hall–Kier alpha value is -2.74. The van der Waals surface area contributed by atoms with Crippen LogP contribution in [0.5, 0.6) is 0 Å². The molecule has 0 aliphatic rings. The molecular weight excluding hydrogens is 262 g/mol. The molecule has 0 saturated carbocycles. The second kappa shape index (κ2) is 5.93. The zero-order valence-electron chi connectivity index (χ0n) is 10.5. The molecule has 8 heteroatoms. The largest absolute Gasteiger partial charge is 0.476 e. The Morgan fingerprint density at radius 2 is 2.20 bits per heavy atom. The maximum atomic E-state index is 10.9. The predicted molar refractivity (Wildman–Crippen MR) is 70.9 cm³/mol. The molecule has 2 heterocycles. The van der Waals surface area contributed by atoms with Gasteiger partial charge in [-0.1, -0.05) is 0 Å². The summed E-state index contributed by atoms with van der Waals surface area (Å²) in [6.45, 7) is 0.418. The number of nitrogens with two attached hydrogens (primary N) is 1. The van der Waals surface area contributed by atoms with Crippen LogP contribution in [-0.2, 0) is 11.3 Å². The summed E-state index contributed by atoms with van der Waals surface area (Å²) in [6, 6.07) is 4.98. The maximum absolute atomic E-state index is 10.9. The first-order valence-corrected chi connectivity index (χ1v) is 5.78. The van der Waals surface area contributed by atoms with Crippen LogP contribution < -0.4 is 5.84 Å². The van der Waals surface area contributed by atoms with E-state index in [1.165, 1.54) is 12.3 Å². The normalized spacial score (nSPS) is 11.6. The van der Waals surface area contributed by atoms with Gasteiger partial charge in [-0.05, 0) is 18.2 Å². The minimum absolute atomic E-state index is 0.00719. The quantitative estimate of drug-likeness (QED) is 0.390. The van der Waals surface area contributed by atoms with Crippen LogP contribution in [0.25, 0.3) is 11.3 Å². The molecule has 2 rings (SSSR count). The highest BCUT2D eigenvalue weighted by atomic mass is 16.4. The van der Waals surface area contributed by atoms with Crippen LogP contribution in [0.4, 0.5) is 0 Å². The van der Waals surface area contributed by atoms with Gasteiger partial charge >= 0.3 is 5.97 Å². The molecule has 0 saturated heterocycles. The van der Waals surface area contributed by atoms with E-state index < -0.39 is 5.97 Å². The van der Waals surface area contributed by atoms with Crippen LogP contribution in [0.2, 0.25) is 0 Å². The average Bonchev–Trinajstić information content (AvgIpc) is 2.89. The molecule has 0 aliphatic heterocycles. The molecule has 4 N–H and O–H groups in total. The number of carboxylic acid groups (broad SMARTS) is 1. The molecule has 2 aromatic heterocycles. The monoisotopic (exact) mass is 275 g/mol. The Kier molecular flexibility index (Phi) is 4.06. The second-order valence-electron chi connectivity index (χ2n) is 3.90. The molecule has 0 radical (unpaired) electrons. The van der Waals surface area contributed by atoms with Gasteiger partial charge < -0.3 is 16.1 Å². The fraction of sp³-hybridized carbons (Fsp3) is 0.167. The summed E-state index contributed by atoms with van der Waals surface area (Å²) < 4.78 is 1.60. The summed E-state index contributed by atoms with van der Waals surface area (Å²) in [5.74, 6) is 3.78. The zero-order valence-corrected chi connectivity index (χ0v) is 10.5. The summed E-state index contributed by atoms with van der Waals surface area (Å²) >= 11 is 0. The number of hydrogen-bond acceptors (Lipinski definition) is 6. The van der Waals surface area contributed by atoms with E-state index in [0.29, 0.717) is 12.2 Å². The average molecular weight is 275 g/mol. The van der Waals surface area contributed by atoms with Crippen molar-refractivity contribution < 1.29 is 15.0 Å². The molecule has 0 atom stereocenters. The van der Waals surface area contributed by atoms with Gasteiger partial charge in [-0.2, -0.15) is 10.2 Å². The van der Waals surface area contributed by atoms with E-state index in [9.17, 15) is 4.79 Å². The van der Waals surface area contributed by atoms with Crippen molar-refractivity contribution in [3.63, 3.8) is 0 Å². The van der Waals surface area contributed by atoms with Gasteiger partial charge in [-0.15, -0.1) is 0 Å². The molecule has 0 bridgehead atoms. The van der Waals surface area contributed by atoms with Crippen LogP contribution in [0.3, 0.4) is 0 Å². The van der Waals surface area contributed by atoms with Crippen LogP contribution in [0.15, 0.2) is 35.7 Å². The molecule has 0 amide bonds. The molecule has 8 nitrogen and oxygen atoms in total. The van der Waals surface area contributed by atoms with Crippen molar-refractivity contribution >= 4 is 11.7 Å². The van der Waals surface area contributed by atoms with E-state index in [-0.39, 0.29) is 18.0 Å². The lowest BCUT2D eigenvalue weighted by atomic mass is 10.1. The number of hydrazone groups is 1. The summed E-state index contributed by atoms with van der Waals surface area (Å²) in [5.41, 5.74) is 1.28. The fourth-order valence-electron chi connectivity index (χ4n) is 1.66. The third-order valence-corrected chi connectivity index (χ3v) is 2.60. The maximum Gasteiger partial charge on any atom is 0.358 e. The lowest BCUT2D eigenvalue weighted by molar-refractivity contribution is -0.129. The summed E-state index contributed by atoms with van der Waals surface area (Å²) in [7, 11) is 0. The lowest BCUT2D eigenvalue weighted by Crippen LogP contribution is -2.17. The molecule has 0 fully saturated rings. The van der Waals surface area contributed by atoms with Crippen LogP contribution >= 0.6 is 0 Å². The molecule has 2 aromatic rings. The van der Waals surface area contributed by atoms with Crippen molar-refractivity contribution in [2.75, 3.05) is 6.61 Å². The van der Waals surface area contributed by atoms with E-state index >= 15 is 0 Å². The summed E-state index contributed by atoms with van der Waals surface area (Å²) in [4.78, 5) is 14.9.